The fourth-order valence-corrected chi connectivity index (χ4v) is 4.70. The number of pyridine rings is 2. The van der Waals surface area contributed by atoms with E-state index >= 15 is 0 Å². The van der Waals surface area contributed by atoms with Crippen molar-refractivity contribution in [1.82, 2.24) is 15.3 Å². The molecule has 9 heteroatoms. The summed E-state index contributed by atoms with van der Waals surface area (Å²) in [6.45, 7) is 4.71. The fourth-order valence-electron chi connectivity index (χ4n) is 4.70. The van der Waals surface area contributed by atoms with Crippen LogP contribution in [-0.4, -0.2) is 47.9 Å². The summed E-state index contributed by atoms with van der Waals surface area (Å²) in [6.07, 6.45) is 3.55. The summed E-state index contributed by atoms with van der Waals surface area (Å²) < 4.78 is 26.2. The summed E-state index contributed by atoms with van der Waals surface area (Å²) in [4.78, 5) is 21.0. The van der Waals surface area contributed by atoms with Crippen LogP contribution in [0.3, 0.4) is 0 Å². The first-order valence-corrected chi connectivity index (χ1v) is 10.7. The second kappa shape index (κ2) is 7.03. The molecule has 1 aliphatic carbocycles. The molecular weight excluding hydrogens is 413 g/mol. The summed E-state index contributed by atoms with van der Waals surface area (Å²) in [5, 5.41) is 10.6. The van der Waals surface area contributed by atoms with Crippen molar-refractivity contribution in [3.63, 3.8) is 0 Å². The number of halogens is 1. The number of benzene rings is 1. The molecule has 0 spiro atoms. The van der Waals surface area contributed by atoms with Gasteiger partial charge in [0.25, 0.3) is 0 Å². The van der Waals surface area contributed by atoms with E-state index in [1.54, 1.807) is 24.5 Å². The number of carbonyl (C=O) groups excluding carboxylic acids is 1. The van der Waals surface area contributed by atoms with E-state index in [2.05, 4.69) is 25.9 Å². The van der Waals surface area contributed by atoms with Gasteiger partial charge in [0.1, 0.15) is 29.5 Å². The third-order valence-corrected chi connectivity index (χ3v) is 6.56. The average molecular weight is 435 g/mol. The summed E-state index contributed by atoms with van der Waals surface area (Å²) in [5.74, 6) is 0.919. The Hall–Kier alpha value is -3.46. The van der Waals surface area contributed by atoms with Crippen LogP contribution in [-0.2, 0) is 4.74 Å². The maximum Gasteiger partial charge on any atom is 0.413 e. The van der Waals surface area contributed by atoms with Gasteiger partial charge >= 0.3 is 6.09 Å². The molecule has 2 aliphatic heterocycles. The maximum absolute atomic E-state index is 15.0. The van der Waals surface area contributed by atoms with Gasteiger partial charge in [0.05, 0.1) is 0 Å². The zero-order valence-corrected chi connectivity index (χ0v) is 17.5. The van der Waals surface area contributed by atoms with E-state index in [0.717, 1.165) is 29.6 Å². The Morgan fingerprint density at radius 1 is 1.25 bits per heavy atom. The van der Waals surface area contributed by atoms with Crippen molar-refractivity contribution in [2.45, 2.75) is 18.9 Å². The minimum absolute atomic E-state index is 0.356. The first-order chi connectivity index (χ1) is 15.5. The van der Waals surface area contributed by atoms with Crippen LogP contribution in [0.5, 0.6) is 5.88 Å². The monoisotopic (exact) mass is 435 g/mol. The van der Waals surface area contributed by atoms with Crippen molar-refractivity contribution in [3.8, 4) is 17.0 Å². The lowest BCUT2D eigenvalue weighted by Crippen LogP contribution is -2.29. The molecule has 8 nitrogen and oxygen atoms in total. The van der Waals surface area contributed by atoms with Crippen molar-refractivity contribution < 1.29 is 18.7 Å². The van der Waals surface area contributed by atoms with E-state index in [1.165, 1.54) is 6.07 Å². The zero-order chi connectivity index (χ0) is 21.9. The molecule has 6 rings (SSSR count). The third-order valence-electron chi connectivity index (χ3n) is 6.56. The number of nitrogens with zero attached hydrogens (tertiary/aromatic N) is 2. The maximum atomic E-state index is 15.0. The Kier molecular flexibility index (Phi) is 4.23. The number of piperidine rings is 1. The number of aromatic nitrogens is 2. The minimum atomic E-state index is -0.522. The van der Waals surface area contributed by atoms with Crippen LogP contribution >= 0.6 is 0 Å². The van der Waals surface area contributed by atoms with Crippen LogP contribution < -0.4 is 20.7 Å². The average Bonchev–Trinajstić information content (AvgIpc) is 3.31. The summed E-state index contributed by atoms with van der Waals surface area (Å²) in [7, 11) is 0. The molecule has 32 heavy (non-hydrogen) atoms. The molecule has 2 aromatic heterocycles. The van der Waals surface area contributed by atoms with E-state index in [9.17, 15) is 9.18 Å². The first kappa shape index (κ1) is 19.2. The standard InChI is InChI=1S/C23H22FN5O3/c1-12-17(10-28-21-20(12)26-2-3-31-21)16-4-13-6-19(27-8-14(13)5-18(16)24)29-22(30)32-23-7-15(23)9-25-11-23/h4-6,8,10,15,25-26H,2-3,7,9,11H2,1H3,(H,27,29,30)/t15?,23-/m1/s1. The van der Waals surface area contributed by atoms with Crippen molar-refractivity contribution in [2.24, 2.45) is 5.92 Å². The van der Waals surface area contributed by atoms with E-state index in [0.29, 0.717) is 53.8 Å². The number of ether oxygens (including phenoxy) is 2. The molecule has 2 atom stereocenters. The molecule has 0 radical (unpaired) electrons. The van der Waals surface area contributed by atoms with Crippen LogP contribution in [0.15, 0.2) is 30.6 Å². The molecule has 1 aromatic carbocycles. The topological polar surface area (TPSA) is 97.4 Å². The summed E-state index contributed by atoms with van der Waals surface area (Å²) in [5.41, 5.74) is 2.39. The zero-order valence-electron chi connectivity index (χ0n) is 17.5. The second-order valence-electron chi connectivity index (χ2n) is 8.61. The Bertz CT molecular complexity index is 1270. The summed E-state index contributed by atoms with van der Waals surface area (Å²) in [6, 6.07) is 4.91. The van der Waals surface area contributed by atoms with Gasteiger partial charge < -0.3 is 20.1 Å². The predicted molar refractivity (Wildman–Crippen MR) is 117 cm³/mol. The van der Waals surface area contributed by atoms with E-state index in [-0.39, 0.29) is 11.4 Å². The van der Waals surface area contributed by atoms with Crippen LogP contribution in [0.25, 0.3) is 21.9 Å². The SMILES string of the molecule is Cc1c(-c2cc3cc(NC(=O)O[C@]45CNCC4C5)ncc3cc2F)cnc2c1NCCO2. The van der Waals surface area contributed by atoms with Gasteiger partial charge in [0.15, 0.2) is 0 Å². The molecule has 164 valence electrons. The fraction of sp³-hybridized carbons (Fsp3) is 0.348. The molecule has 1 amide bonds. The van der Waals surface area contributed by atoms with Crippen LogP contribution in [0.4, 0.5) is 20.7 Å². The van der Waals surface area contributed by atoms with Gasteiger partial charge in [-0.25, -0.2) is 19.2 Å². The van der Waals surface area contributed by atoms with Crippen molar-refractivity contribution in [2.75, 3.05) is 36.9 Å². The molecular formula is C23H22FN5O3. The molecule has 1 saturated heterocycles. The molecule has 4 heterocycles. The number of anilines is 2. The molecule has 3 N–H and O–H groups in total. The quantitative estimate of drug-likeness (QED) is 0.580. The smallest absolute Gasteiger partial charge is 0.413 e. The Morgan fingerprint density at radius 2 is 2.16 bits per heavy atom. The highest BCUT2D eigenvalue weighted by molar-refractivity contribution is 5.92. The van der Waals surface area contributed by atoms with Gasteiger partial charge in [-0.1, -0.05) is 0 Å². The lowest BCUT2D eigenvalue weighted by atomic mass is 9.98. The number of hydrogen-bond donors (Lipinski definition) is 3. The van der Waals surface area contributed by atoms with Gasteiger partial charge in [0, 0.05) is 54.5 Å². The van der Waals surface area contributed by atoms with E-state index < -0.39 is 6.09 Å². The van der Waals surface area contributed by atoms with Crippen molar-refractivity contribution in [3.05, 3.63) is 42.0 Å². The van der Waals surface area contributed by atoms with E-state index in [1.807, 2.05) is 6.92 Å². The van der Waals surface area contributed by atoms with Gasteiger partial charge in [0.2, 0.25) is 5.88 Å². The van der Waals surface area contributed by atoms with Crippen LogP contribution in [0, 0.1) is 18.7 Å². The first-order valence-electron chi connectivity index (χ1n) is 10.7. The molecule has 3 aromatic rings. The normalized spacial score (nSPS) is 23.0. The minimum Gasteiger partial charge on any atom is -0.474 e. The highest BCUT2D eigenvalue weighted by Crippen LogP contribution is 2.49. The summed E-state index contributed by atoms with van der Waals surface area (Å²) >= 11 is 0. The predicted octanol–water partition coefficient (Wildman–Crippen LogP) is 3.46. The number of nitrogens with one attached hydrogen (secondary N) is 3. The molecule has 1 unspecified atom stereocenters. The number of amides is 1. The van der Waals surface area contributed by atoms with Crippen molar-refractivity contribution >= 4 is 28.4 Å². The van der Waals surface area contributed by atoms with E-state index in [4.69, 9.17) is 9.47 Å². The van der Waals surface area contributed by atoms with Gasteiger partial charge in [-0.05, 0) is 42.5 Å². The van der Waals surface area contributed by atoms with Gasteiger partial charge in [-0.3, -0.25) is 5.32 Å². The molecule has 3 aliphatic rings. The number of carbonyl (C=O) groups is 1. The van der Waals surface area contributed by atoms with Crippen molar-refractivity contribution in [1.29, 1.82) is 0 Å². The second-order valence-corrected chi connectivity index (χ2v) is 8.61. The third kappa shape index (κ3) is 3.12. The molecule has 1 saturated carbocycles. The Balaban J connectivity index is 1.31. The molecule has 0 bridgehead atoms. The Morgan fingerprint density at radius 3 is 2.97 bits per heavy atom. The highest BCUT2D eigenvalue weighted by atomic mass is 19.1. The van der Waals surface area contributed by atoms with Crippen LogP contribution in [0.1, 0.15) is 12.0 Å². The van der Waals surface area contributed by atoms with Crippen LogP contribution in [0.2, 0.25) is 0 Å². The number of fused-ring (bicyclic) bond motifs is 3. The highest BCUT2D eigenvalue weighted by Gasteiger charge is 2.61. The molecule has 2 fully saturated rings. The van der Waals surface area contributed by atoms with Gasteiger partial charge in [-0.2, -0.15) is 0 Å². The largest absolute Gasteiger partial charge is 0.474 e. The Labute approximate surface area is 183 Å². The lowest BCUT2D eigenvalue weighted by molar-refractivity contribution is 0.0976. The lowest BCUT2D eigenvalue weighted by Gasteiger charge is -2.21. The van der Waals surface area contributed by atoms with Gasteiger partial charge in [-0.15, -0.1) is 0 Å². The number of hydrogen-bond acceptors (Lipinski definition) is 7. The number of rotatable bonds is 3.